The topological polar surface area (TPSA) is 42.0 Å². The van der Waals surface area contributed by atoms with Crippen molar-refractivity contribution in [3.05, 3.63) is 53.1 Å². The molecule has 140 valence electrons. The van der Waals surface area contributed by atoms with Gasteiger partial charge in [-0.15, -0.1) is 0 Å². The number of aryl methyl sites for hydroxylation is 1. The number of rotatable bonds is 4. The summed E-state index contributed by atoms with van der Waals surface area (Å²) < 4.78 is 10.9. The van der Waals surface area contributed by atoms with Crippen molar-refractivity contribution >= 4 is 28.9 Å². The Labute approximate surface area is 164 Å². The molecule has 2 aromatic carbocycles. The fourth-order valence-corrected chi connectivity index (χ4v) is 4.34. The van der Waals surface area contributed by atoms with E-state index >= 15 is 0 Å². The molecule has 2 aliphatic rings. The van der Waals surface area contributed by atoms with E-state index in [2.05, 4.69) is 6.92 Å². The second-order valence-corrected chi connectivity index (χ2v) is 7.13. The summed E-state index contributed by atoms with van der Waals surface area (Å²) in [5.74, 6) is 1.42. The molecule has 0 unspecified atom stereocenters. The normalized spacial score (nSPS) is 18.4. The lowest BCUT2D eigenvalue weighted by atomic mass is 9.94. The Morgan fingerprint density at radius 1 is 1.11 bits per heavy atom. The molecule has 0 N–H and O–H groups in total. The second kappa shape index (κ2) is 6.85. The maximum Gasteiger partial charge on any atom is 0.256 e. The molecule has 27 heavy (non-hydrogen) atoms. The highest BCUT2D eigenvalue weighted by Crippen LogP contribution is 2.38. The minimum atomic E-state index is -0.270. The number of anilines is 1. The number of benzene rings is 2. The molecule has 6 heteroatoms. The van der Waals surface area contributed by atoms with Gasteiger partial charge < -0.3 is 14.4 Å². The van der Waals surface area contributed by atoms with Crippen LogP contribution in [0.3, 0.4) is 0 Å². The Morgan fingerprint density at radius 2 is 1.78 bits per heavy atom. The van der Waals surface area contributed by atoms with Crippen molar-refractivity contribution in [2.24, 2.45) is 0 Å². The van der Waals surface area contributed by atoms with Crippen LogP contribution in [0.15, 0.2) is 36.4 Å². The summed E-state index contributed by atoms with van der Waals surface area (Å²) in [7, 11) is 3.25. The van der Waals surface area contributed by atoms with Gasteiger partial charge in [-0.3, -0.25) is 9.69 Å². The van der Waals surface area contributed by atoms with Gasteiger partial charge in [0.15, 0.2) is 16.6 Å². The summed E-state index contributed by atoms with van der Waals surface area (Å²) in [5, 5.41) is 0.575. The zero-order valence-electron chi connectivity index (χ0n) is 15.7. The summed E-state index contributed by atoms with van der Waals surface area (Å²) in [6, 6.07) is 11.7. The summed E-state index contributed by atoms with van der Waals surface area (Å²) in [6.07, 6.45) is 1.46. The molecule has 2 heterocycles. The highest BCUT2D eigenvalue weighted by atomic mass is 32.1. The molecule has 0 radical (unpaired) electrons. The largest absolute Gasteiger partial charge is 0.493 e. The molecular weight excluding hydrogens is 360 g/mol. The van der Waals surface area contributed by atoms with E-state index in [9.17, 15) is 4.79 Å². The number of hydrogen-bond donors (Lipinski definition) is 0. The summed E-state index contributed by atoms with van der Waals surface area (Å²) >= 11 is 5.72. The van der Waals surface area contributed by atoms with Crippen LogP contribution in [0.4, 0.5) is 5.69 Å². The Bertz CT molecular complexity index is 877. The van der Waals surface area contributed by atoms with Crippen molar-refractivity contribution in [2.45, 2.75) is 32.4 Å². The van der Waals surface area contributed by atoms with E-state index in [-0.39, 0.29) is 11.9 Å². The molecule has 2 aliphatic heterocycles. The third kappa shape index (κ3) is 2.75. The van der Waals surface area contributed by atoms with Gasteiger partial charge in [-0.25, -0.2) is 0 Å². The fraction of sp³-hybridized carbons (Fsp3) is 0.333. The Balaban J connectivity index is 1.72. The Morgan fingerprint density at radius 3 is 2.44 bits per heavy atom. The number of thiocarbonyl (C=S) groups is 1. The lowest BCUT2D eigenvalue weighted by Crippen LogP contribution is -2.40. The number of amides is 1. The molecule has 0 aliphatic carbocycles. The number of para-hydroxylation sites is 1. The first kappa shape index (κ1) is 17.8. The van der Waals surface area contributed by atoms with Crippen molar-refractivity contribution in [1.82, 2.24) is 4.90 Å². The number of carbonyl (C=O) groups is 1. The molecule has 4 rings (SSSR count). The smallest absolute Gasteiger partial charge is 0.256 e. The standard InChI is InChI=1S/C21H22N2O3S/c1-4-13-7-5-6-8-16(13)23-20(24)17-9-14-10-18(25-2)19(26-3)11-15(14)12-22(17)21(23)27/h5-8,10-11,17H,4,9,12H2,1-3H3/t17-/m1/s1. The second-order valence-electron chi connectivity index (χ2n) is 6.76. The molecule has 0 aromatic heterocycles. The van der Waals surface area contributed by atoms with E-state index in [1.54, 1.807) is 19.1 Å². The average Bonchev–Trinajstić information content (AvgIpc) is 2.94. The average molecular weight is 382 g/mol. The number of ether oxygens (including phenoxy) is 2. The predicted molar refractivity (Wildman–Crippen MR) is 108 cm³/mol. The minimum Gasteiger partial charge on any atom is -0.493 e. The molecule has 1 saturated heterocycles. The lowest BCUT2D eigenvalue weighted by molar-refractivity contribution is -0.120. The molecule has 0 saturated carbocycles. The van der Waals surface area contributed by atoms with E-state index in [0.717, 1.165) is 28.8 Å². The van der Waals surface area contributed by atoms with Gasteiger partial charge in [0.2, 0.25) is 0 Å². The maximum atomic E-state index is 13.2. The van der Waals surface area contributed by atoms with Crippen LogP contribution < -0.4 is 14.4 Å². The first-order valence-electron chi connectivity index (χ1n) is 9.05. The summed E-state index contributed by atoms with van der Waals surface area (Å²) in [4.78, 5) is 17.0. The zero-order chi connectivity index (χ0) is 19.1. The quantitative estimate of drug-likeness (QED) is 0.759. The van der Waals surface area contributed by atoms with E-state index < -0.39 is 0 Å². The van der Waals surface area contributed by atoms with Gasteiger partial charge in [-0.2, -0.15) is 0 Å². The van der Waals surface area contributed by atoms with Crippen LogP contribution in [0.2, 0.25) is 0 Å². The van der Waals surface area contributed by atoms with Crippen molar-refractivity contribution in [3.63, 3.8) is 0 Å². The molecule has 2 aromatic rings. The number of nitrogens with zero attached hydrogens (tertiary/aromatic N) is 2. The highest BCUT2D eigenvalue weighted by molar-refractivity contribution is 7.80. The SMILES string of the molecule is CCc1ccccc1N1C(=O)[C@H]2Cc3cc(OC)c(OC)cc3CN2C1=S. The third-order valence-corrected chi connectivity index (χ3v) is 5.81. The van der Waals surface area contributed by atoms with Crippen molar-refractivity contribution in [3.8, 4) is 11.5 Å². The zero-order valence-corrected chi connectivity index (χ0v) is 16.5. The Kier molecular flexibility index (Phi) is 4.52. The van der Waals surface area contributed by atoms with Crippen LogP contribution in [-0.4, -0.2) is 36.2 Å². The van der Waals surface area contributed by atoms with Crippen LogP contribution in [0, 0.1) is 0 Å². The van der Waals surface area contributed by atoms with Crippen LogP contribution in [-0.2, 0) is 24.2 Å². The van der Waals surface area contributed by atoms with Gasteiger partial charge >= 0.3 is 0 Å². The molecule has 1 amide bonds. The minimum absolute atomic E-state index is 0.0429. The van der Waals surface area contributed by atoms with Gasteiger partial charge in [0.25, 0.3) is 5.91 Å². The van der Waals surface area contributed by atoms with Crippen LogP contribution in [0.25, 0.3) is 0 Å². The molecule has 0 spiro atoms. The summed E-state index contributed by atoms with van der Waals surface area (Å²) in [6.45, 7) is 2.68. The van der Waals surface area contributed by atoms with Gasteiger partial charge in [-0.05, 0) is 53.5 Å². The molecule has 5 nitrogen and oxygen atoms in total. The van der Waals surface area contributed by atoms with Gasteiger partial charge in [0.05, 0.1) is 19.9 Å². The van der Waals surface area contributed by atoms with Crippen LogP contribution in [0.5, 0.6) is 11.5 Å². The van der Waals surface area contributed by atoms with Crippen molar-refractivity contribution < 1.29 is 14.3 Å². The van der Waals surface area contributed by atoms with Gasteiger partial charge in [-0.1, -0.05) is 25.1 Å². The monoisotopic (exact) mass is 382 g/mol. The molecule has 1 atom stereocenters. The lowest BCUT2D eigenvalue weighted by Gasteiger charge is -2.31. The number of hydrogen-bond acceptors (Lipinski definition) is 4. The number of methoxy groups -OCH3 is 2. The first-order valence-corrected chi connectivity index (χ1v) is 9.46. The fourth-order valence-electron chi connectivity index (χ4n) is 3.96. The van der Waals surface area contributed by atoms with E-state index in [1.165, 1.54) is 0 Å². The van der Waals surface area contributed by atoms with Crippen molar-refractivity contribution in [1.29, 1.82) is 0 Å². The van der Waals surface area contributed by atoms with E-state index in [0.29, 0.717) is 29.6 Å². The molecule has 1 fully saturated rings. The molecular formula is C21H22N2O3S. The molecule has 0 bridgehead atoms. The van der Waals surface area contributed by atoms with E-state index in [1.807, 2.05) is 41.3 Å². The van der Waals surface area contributed by atoms with Crippen LogP contribution >= 0.6 is 12.2 Å². The third-order valence-electron chi connectivity index (χ3n) is 5.39. The Hall–Kier alpha value is -2.60. The number of fused-ring (bicyclic) bond motifs is 2. The first-order chi connectivity index (χ1) is 13.1. The number of carbonyl (C=O) groups excluding carboxylic acids is 1. The van der Waals surface area contributed by atoms with Crippen LogP contribution in [0.1, 0.15) is 23.6 Å². The predicted octanol–water partition coefficient (Wildman–Crippen LogP) is 3.32. The van der Waals surface area contributed by atoms with E-state index in [4.69, 9.17) is 21.7 Å². The van der Waals surface area contributed by atoms with Gasteiger partial charge in [0, 0.05) is 13.0 Å². The van der Waals surface area contributed by atoms with Gasteiger partial charge in [0.1, 0.15) is 6.04 Å². The maximum absolute atomic E-state index is 13.2. The van der Waals surface area contributed by atoms with Crippen molar-refractivity contribution in [2.75, 3.05) is 19.1 Å². The highest BCUT2D eigenvalue weighted by Gasteiger charge is 2.46. The summed E-state index contributed by atoms with van der Waals surface area (Å²) in [5.41, 5.74) is 4.23.